The van der Waals surface area contributed by atoms with E-state index in [1.807, 2.05) is 13.0 Å². The van der Waals surface area contributed by atoms with Gasteiger partial charge in [-0.3, -0.25) is 4.79 Å². The molecular formula is C14H21N3O3. The standard InChI is InChI=1S/C14H21N3O3/c1-2-17(10-11-6-5-9-20-11)14(19)16-12-7-3-4-8-15-13(12)18/h5-6,9,12H,2-4,7-8,10H2,1H3,(H,15,18)(H,16,19). The van der Waals surface area contributed by atoms with E-state index in [0.717, 1.165) is 18.6 Å². The Morgan fingerprint density at radius 3 is 3.10 bits per heavy atom. The summed E-state index contributed by atoms with van der Waals surface area (Å²) in [5.74, 6) is 0.636. The summed E-state index contributed by atoms with van der Waals surface area (Å²) in [7, 11) is 0. The molecule has 3 amide bonds. The molecule has 6 heteroatoms. The van der Waals surface area contributed by atoms with Crippen molar-refractivity contribution in [1.29, 1.82) is 0 Å². The minimum Gasteiger partial charge on any atom is -0.467 e. The SMILES string of the molecule is CCN(Cc1ccco1)C(=O)NC1CCCCNC1=O. The molecule has 2 rings (SSSR count). The van der Waals surface area contributed by atoms with Gasteiger partial charge in [-0.1, -0.05) is 0 Å². The van der Waals surface area contributed by atoms with Crippen molar-refractivity contribution in [3.63, 3.8) is 0 Å². The summed E-state index contributed by atoms with van der Waals surface area (Å²) in [4.78, 5) is 25.7. The zero-order valence-electron chi connectivity index (χ0n) is 11.7. The van der Waals surface area contributed by atoms with Crippen LogP contribution in [0, 0.1) is 0 Å². The average molecular weight is 279 g/mol. The summed E-state index contributed by atoms with van der Waals surface area (Å²) in [6, 6.07) is 2.95. The summed E-state index contributed by atoms with van der Waals surface area (Å²) in [6.45, 7) is 3.55. The lowest BCUT2D eigenvalue weighted by Gasteiger charge is -2.23. The third-order valence-corrected chi connectivity index (χ3v) is 3.43. The number of hydrogen-bond donors (Lipinski definition) is 2. The molecule has 0 aromatic carbocycles. The number of rotatable bonds is 4. The van der Waals surface area contributed by atoms with Gasteiger partial charge in [0.25, 0.3) is 0 Å². The van der Waals surface area contributed by atoms with Crippen molar-refractivity contribution in [2.24, 2.45) is 0 Å². The van der Waals surface area contributed by atoms with Crippen LogP contribution in [-0.2, 0) is 11.3 Å². The molecule has 0 saturated carbocycles. The van der Waals surface area contributed by atoms with E-state index in [9.17, 15) is 9.59 Å². The van der Waals surface area contributed by atoms with Crippen molar-refractivity contribution < 1.29 is 14.0 Å². The monoisotopic (exact) mass is 279 g/mol. The van der Waals surface area contributed by atoms with E-state index in [1.165, 1.54) is 0 Å². The molecule has 2 N–H and O–H groups in total. The molecule has 110 valence electrons. The summed E-state index contributed by atoms with van der Waals surface area (Å²) >= 11 is 0. The molecule has 2 heterocycles. The number of nitrogens with zero attached hydrogens (tertiary/aromatic N) is 1. The molecule has 1 aliphatic rings. The molecule has 1 saturated heterocycles. The first kappa shape index (κ1) is 14.4. The fourth-order valence-electron chi connectivity index (χ4n) is 2.24. The number of nitrogens with one attached hydrogen (secondary N) is 2. The Balaban J connectivity index is 1.92. The zero-order valence-corrected chi connectivity index (χ0v) is 11.7. The Hall–Kier alpha value is -1.98. The molecule has 1 atom stereocenters. The van der Waals surface area contributed by atoms with Gasteiger partial charge in [0.05, 0.1) is 12.8 Å². The number of carbonyl (C=O) groups is 2. The maximum Gasteiger partial charge on any atom is 0.318 e. The Bertz CT molecular complexity index is 445. The van der Waals surface area contributed by atoms with Crippen LogP contribution < -0.4 is 10.6 Å². The van der Waals surface area contributed by atoms with Gasteiger partial charge < -0.3 is 20.0 Å². The second kappa shape index (κ2) is 6.98. The molecule has 6 nitrogen and oxygen atoms in total. The van der Waals surface area contributed by atoms with Gasteiger partial charge in [-0.2, -0.15) is 0 Å². The molecule has 1 unspecified atom stereocenters. The predicted molar refractivity (Wildman–Crippen MR) is 74.0 cm³/mol. The number of furan rings is 1. The largest absolute Gasteiger partial charge is 0.467 e. The quantitative estimate of drug-likeness (QED) is 0.876. The molecular weight excluding hydrogens is 258 g/mol. The summed E-state index contributed by atoms with van der Waals surface area (Å²) in [5.41, 5.74) is 0. The Morgan fingerprint density at radius 2 is 2.40 bits per heavy atom. The van der Waals surface area contributed by atoms with E-state index in [0.29, 0.717) is 26.1 Å². The molecule has 20 heavy (non-hydrogen) atoms. The van der Waals surface area contributed by atoms with Crippen LogP contribution in [-0.4, -0.2) is 36.0 Å². The van der Waals surface area contributed by atoms with E-state index in [-0.39, 0.29) is 11.9 Å². The van der Waals surface area contributed by atoms with Crippen molar-refractivity contribution >= 4 is 11.9 Å². The van der Waals surface area contributed by atoms with Crippen LogP contribution in [0.25, 0.3) is 0 Å². The zero-order chi connectivity index (χ0) is 14.4. The molecule has 0 bridgehead atoms. The minimum atomic E-state index is -0.435. The van der Waals surface area contributed by atoms with Gasteiger partial charge in [-0.05, 0) is 38.3 Å². The van der Waals surface area contributed by atoms with Crippen molar-refractivity contribution in [3.05, 3.63) is 24.2 Å². The number of amides is 3. The normalized spacial score (nSPS) is 19.1. The molecule has 0 spiro atoms. The molecule has 1 fully saturated rings. The van der Waals surface area contributed by atoms with E-state index in [4.69, 9.17) is 4.42 Å². The Labute approximate surface area is 118 Å². The first-order valence-electron chi connectivity index (χ1n) is 7.06. The van der Waals surface area contributed by atoms with E-state index < -0.39 is 6.04 Å². The molecule has 1 aromatic rings. The van der Waals surface area contributed by atoms with Gasteiger partial charge in [0.2, 0.25) is 5.91 Å². The number of hydrogen-bond acceptors (Lipinski definition) is 3. The van der Waals surface area contributed by atoms with Crippen molar-refractivity contribution in [1.82, 2.24) is 15.5 Å². The lowest BCUT2D eigenvalue weighted by molar-refractivity contribution is -0.122. The second-order valence-electron chi connectivity index (χ2n) is 4.88. The lowest BCUT2D eigenvalue weighted by atomic mass is 10.1. The van der Waals surface area contributed by atoms with Gasteiger partial charge in [-0.15, -0.1) is 0 Å². The summed E-state index contributed by atoms with van der Waals surface area (Å²) < 4.78 is 5.25. The maximum absolute atomic E-state index is 12.2. The van der Waals surface area contributed by atoms with Crippen LogP contribution in [0.5, 0.6) is 0 Å². The Morgan fingerprint density at radius 1 is 1.55 bits per heavy atom. The smallest absolute Gasteiger partial charge is 0.318 e. The van der Waals surface area contributed by atoms with Gasteiger partial charge in [0.1, 0.15) is 11.8 Å². The van der Waals surface area contributed by atoms with Crippen LogP contribution in [0.3, 0.4) is 0 Å². The minimum absolute atomic E-state index is 0.0927. The first-order valence-corrected chi connectivity index (χ1v) is 7.06. The summed E-state index contributed by atoms with van der Waals surface area (Å²) in [6.07, 6.45) is 4.17. The number of carbonyl (C=O) groups excluding carboxylic acids is 2. The van der Waals surface area contributed by atoms with E-state index >= 15 is 0 Å². The van der Waals surface area contributed by atoms with Gasteiger partial charge in [-0.25, -0.2) is 4.79 Å². The molecule has 1 aromatic heterocycles. The summed E-state index contributed by atoms with van der Waals surface area (Å²) in [5, 5.41) is 5.62. The predicted octanol–water partition coefficient (Wildman–Crippen LogP) is 1.48. The number of urea groups is 1. The van der Waals surface area contributed by atoms with E-state index in [2.05, 4.69) is 10.6 Å². The van der Waals surface area contributed by atoms with Crippen molar-refractivity contribution in [3.8, 4) is 0 Å². The van der Waals surface area contributed by atoms with E-state index in [1.54, 1.807) is 17.2 Å². The maximum atomic E-state index is 12.2. The average Bonchev–Trinajstić information content (AvgIpc) is 2.87. The van der Waals surface area contributed by atoms with Crippen molar-refractivity contribution in [2.45, 2.75) is 38.8 Å². The van der Waals surface area contributed by atoms with Crippen LogP contribution in [0.2, 0.25) is 0 Å². The topological polar surface area (TPSA) is 74.6 Å². The van der Waals surface area contributed by atoms with Crippen LogP contribution in [0.4, 0.5) is 4.79 Å². The molecule has 0 radical (unpaired) electrons. The van der Waals surface area contributed by atoms with Crippen LogP contribution >= 0.6 is 0 Å². The van der Waals surface area contributed by atoms with Crippen LogP contribution in [0.15, 0.2) is 22.8 Å². The highest BCUT2D eigenvalue weighted by Gasteiger charge is 2.24. The second-order valence-corrected chi connectivity index (χ2v) is 4.88. The molecule has 0 aliphatic carbocycles. The lowest BCUT2D eigenvalue weighted by Crippen LogP contribution is -2.50. The van der Waals surface area contributed by atoms with Gasteiger partial charge in [0, 0.05) is 13.1 Å². The van der Waals surface area contributed by atoms with Crippen molar-refractivity contribution in [2.75, 3.05) is 13.1 Å². The van der Waals surface area contributed by atoms with Gasteiger partial charge >= 0.3 is 6.03 Å². The van der Waals surface area contributed by atoms with Gasteiger partial charge in [0.15, 0.2) is 0 Å². The third kappa shape index (κ3) is 3.76. The first-order chi connectivity index (χ1) is 9.70. The fourth-order valence-corrected chi connectivity index (χ4v) is 2.24. The Kier molecular flexibility index (Phi) is 5.03. The highest BCUT2D eigenvalue weighted by atomic mass is 16.3. The third-order valence-electron chi connectivity index (χ3n) is 3.43. The van der Waals surface area contributed by atoms with Crippen LogP contribution in [0.1, 0.15) is 31.9 Å². The highest BCUT2D eigenvalue weighted by molar-refractivity contribution is 5.87. The molecule has 1 aliphatic heterocycles. The fraction of sp³-hybridized carbons (Fsp3) is 0.571. The highest BCUT2D eigenvalue weighted by Crippen LogP contribution is 2.08.